The first-order valence-corrected chi connectivity index (χ1v) is 7.75. The summed E-state index contributed by atoms with van der Waals surface area (Å²) in [6.07, 6.45) is 2.21. The van der Waals surface area contributed by atoms with Gasteiger partial charge in [-0.25, -0.2) is 9.59 Å². The number of rotatable bonds is 7. The zero-order chi connectivity index (χ0) is 15.0. The standard InChI is InChI=1S/C14H20N2O3S/c1-10(9-20-2)15-14(19)16-12(13(17)18)8-11-6-4-3-5-7-11/h3-7,10,12H,8-9H2,1-2H3,(H,17,18)(H2,15,16,19)/t10?,12-/m0/s1. The zero-order valence-electron chi connectivity index (χ0n) is 11.6. The molecule has 3 N–H and O–H groups in total. The summed E-state index contributed by atoms with van der Waals surface area (Å²) < 4.78 is 0. The second-order valence-corrected chi connectivity index (χ2v) is 5.47. The SMILES string of the molecule is CSCC(C)NC(=O)N[C@@H](Cc1ccccc1)C(=O)O. The Balaban J connectivity index is 2.55. The van der Waals surface area contributed by atoms with Crippen molar-refractivity contribution in [1.29, 1.82) is 0 Å². The molecule has 2 amide bonds. The van der Waals surface area contributed by atoms with Crippen molar-refractivity contribution in [1.82, 2.24) is 10.6 Å². The fourth-order valence-corrected chi connectivity index (χ4v) is 2.35. The van der Waals surface area contributed by atoms with Crippen LogP contribution in [0.2, 0.25) is 0 Å². The van der Waals surface area contributed by atoms with Crippen LogP contribution in [0.1, 0.15) is 12.5 Å². The van der Waals surface area contributed by atoms with Crippen LogP contribution in [-0.2, 0) is 11.2 Å². The molecule has 0 aliphatic carbocycles. The lowest BCUT2D eigenvalue weighted by atomic mass is 10.1. The normalized spacial score (nSPS) is 13.3. The Bertz CT molecular complexity index is 439. The van der Waals surface area contributed by atoms with E-state index < -0.39 is 18.0 Å². The highest BCUT2D eigenvalue weighted by Gasteiger charge is 2.20. The van der Waals surface area contributed by atoms with E-state index in [-0.39, 0.29) is 12.5 Å². The topological polar surface area (TPSA) is 78.4 Å². The molecule has 1 unspecified atom stereocenters. The molecule has 0 aliphatic heterocycles. The maximum atomic E-state index is 11.7. The van der Waals surface area contributed by atoms with Gasteiger partial charge in [0.2, 0.25) is 0 Å². The van der Waals surface area contributed by atoms with Crippen LogP contribution in [0.3, 0.4) is 0 Å². The van der Waals surface area contributed by atoms with Crippen molar-refractivity contribution in [3.8, 4) is 0 Å². The Hall–Kier alpha value is -1.69. The Morgan fingerprint density at radius 3 is 2.45 bits per heavy atom. The number of amides is 2. The van der Waals surface area contributed by atoms with Crippen LogP contribution in [0.4, 0.5) is 4.79 Å². The van der Waals surface area contributed by atoms with Crippen LogP contribution in [0.15, 0.2) is 30.3 Å². The smallest absolute Gasteiger partial charge is 0.326 e. The van der Waals surface area contributed by atoms with E-state index in [1.54, 1.807) is 11.8 Å². The van der Waals surface area contributed by atoms with Gasteiger partial charge in [0.25, 0.3) is 0 Å². The summed E-state index contributed by atoms with van der Waals surface area (Å²) in [6, 6.07) is 7.84. The molecule has 6 heteroatoms. The van der Waals surface area contributed by atoms with Gasteiger partial charge in [-0.1, -0.05) is 30.3 Å². The third-order valence-corrected chi connectivity index (χ3v) is 3.51. The minimum Gasteiger partial charge on any atom is -0.480 e. The van der Waals surface area contributed by atoms with E-state index in [1.807, 2.05) is 43.5 Å². The molecule has 0 saturated carbocycles. The zero-order valence-corrected chi connectivity index (χ0v) is 12.4. The lowest BCUT2D eigenvalue weighted by Crippen LogP contribution is -2.49. The largest absolute Gasteiger partial charge is 0.480 e. The molecule has 1 aromatic rings. The summed E-state index contributed by atoms with van der Waals surface area (Å²) in [4.78, 5) is 22.9. The number of aliphatic carboxylic acids is 1. The molecular formula is C14H20N2O3S. The second kappa shape index (κ2) is 8.47. The molecule has 0 bridgehead atoms. The van der Waals surface area contributed by atoms with Crippen molar-refractivity contribution < 1.29 is 14.7 Å². The summed E-state index contributed by atoms with van der Waals surface area (Å²) in [7, 11) is 0. The van der Waals surface area contributed by atoms with Crippen LogP contribution in [-0.4, -0.2) is 41.2 Å². The summed E-state index contributed by atoms with van der Waals surface area (Å²) in [6.45, 7) is 1.88. The Kier molecular flexibility index (Phi) is 6.93. The van der Waals surface area contributed by atoms with Crippen molar-refractivity contribution in [3.63, 3.8) is 0 Å². The average Bonchev–Trinajstić information content (AvgIpc) is 2.39. The van der Waals surface area contributed by atoms with Gasteiger partial charge < -0.3 is 15.7 Å². The van der Waals surface area contributed by atoms with Crippen LogP contribution in [0.25, 0.3) is 0 Å². The van der Waals surface area contributed by atoms with E-state index in [0.29, 0.717) is 0 Å². The molecule has 5 nitrogen and oxygen atoms in total. The molecule has 110 valence electrons. The summed E-state index contributed by atoms with van der Waals surface area (Å²) in [5, 5.41) is 14.4. The van der Waals surface area contributed by atoms with Gasteiger partial charge in [-0.05, 0) is 18.7 Å². The molecule has 20 heavy (non-hydrogen) atoms. The molecule has 0 aromatic heterocycles. The van der Waals surface area contributed by atoms with E-state index >= 15 is 0 Å². The minimum atomic E-state index is -1.04. The number of hydrogen-bond acceptors (Lipinski definition) is 3. The Labute approximate surface area is 123 Å². The first-order valence-electron chi connectivity index (χ1n) is 6.35. The highest BCUT2D eigenvalue weighted by atomic mass is 32.2. The molecule has 0 fully saturated rings. The maximum Gasteiger partial charge on any atom is 0.326 e. The number of carboxylic acids is 1. The van der Waals surface area contributed by atoms with Crippen LogP contribution in [0, 0.1) is 0 Å². The van der Waals surface area contributed by atoms with Gasteiger partial charge in [-0.3, -0.25) is 0 Å². The molecule has 0 spiro atoms. The second-order valence-electron chi connectivity index (χ2n) is 4.55. The quantitative estimate of drug-likeness (QED) is 0.716. The van der Waals surface area contributed by atoms with Crippen molar-refractivity contribution in [2.45, 2.75) is 25.4 Å². The van der Waals surface area contributed by atoms with Gasteiger partial charge in [0.05, 0.1) is 0 Å². The highest BCUT2D eigenvalue weighted by molar-refractivity contribution is 7.98. The molecule has 0 saturated heterocycles. The maximum absolute atomic E-state index is 11.7. The van der Waals surface area contributed by atoms with Crippen LogP contribution in [0.5, 0.6) is 0 Å². The fraction of sp³-hybridized carbons (Fsp3) is 0.429. The van der Waals surface area contributed by atoms with Crippen molar-refractivity contribution >= 4 is 23.8 Å². The number of thioether (sulfide) groups is 1. The molecule has 1 rings (SSSR count). The number of carbonyl (C=O) groups excluding carboxylic acids is 1. The van der Waals surface area contributed by atoms with E-state index in [9.17, 15) is 14.7 Å². The van der Waals surface area contributed by atoms with Gasteiger partial charge in [0, 0.05) is 18.2 Å². The summed E-state index contributed by atoms with van der Waals surface area (Å²) in [5.74, 6) is -0.259. The van der Waals surface area contributed by atoms with Gasteiger partial charge in [-0.15, -0.1) is 0 Å². The lowest BCUT2D eigenvalue weighted by Gasteiger charge is -2.18. The third kappa shape index (κ3) is 5.97. The van der Waals surface area contributed by atoms with E-state index in [0.717, 1.165) is 11.3 Å². The molecular weight excluding hydrogens is 276 g/mol. The number of hydrogen-bond donors (Lipinski definition) is 3. The molecule has 0 radical (unpaired) electrons. The molecule has 2 atom stereocenters. The van der Waals surface area contributed by atoms with Gasteiger partial charge >= 0.3 is 12.0 Å². The number of urea groups is 1. The van der Waals surface area contributed by atoms with E-state index in [4.69, 9.17) is 0 Å². The van der Waals surface area contributed by atoms with Gasteiger partial charge in [0.15, 0.2) is 0 Å². The fourth-order valence-electron chi connectivity index (χ4n) is 1.77. The first kappa shape index (κ1) is 16.4. The summed E-state index contributed by atoms with van der Waals surface area (Å²) in [5.41, 5.74) is 0.873. The predicted octanol–water partition coefficient (Wildman–Crippen LogP) is 1.73. The molecule has 0 heterocycles. The highest BCUT2D eigenvalue weighted by Crippen LogP contribution is 2.03. The lowest BCUT2D eigenvalue weighted by molar-refractivity contribution is -0.139. The van der Waals surface area contributed by atoms with E-state index in [1.165, 1.54) is 0 Å². The van der Waals surface area contributed by atoms with Crippen LogP contribution >= 0.6 is 11.8 Å². The average molecular weight is 296 g/mol. The molecule has 0 aliphatic rings. The van der Waals surface area contributed by atoms with Gasteiger partial charge in [-0.2, -0.15) is 11.8 Å². The number of carbonyl (C=O) groups is 2. The van der Waals surface area contributed by atoms with Crippen molar-refractivity contribution in [2.24, 2.45) is 0 Å². The third-order valence-electron chi connectivity index (χ3n) is 2.68. The molecule has 1 aromatic carbocycles. The van der Waals surface area contributed by atoms with Crippen LogP contribution < -0.4 is 10.6 Å². The Morgan fingerprint density at radius 1 is 1.25 bits per heavy atom. The van der Waals surface area contributed by atoms with Crippen molar-refractivity contribution in [3.05, 3.63) is 35.9 Å². The number of benzene rings is 1. The minimum absolute atomic E-state index is 0.00355. The predicted molar refractivity (Wildman–Crippen MR) is 81.1 cm³/mol. The first-order chi connectivity index (χ1) is 9.52. The summed E-state index contributed by atoms with van der Waals surface area (Å²) >= 11 is 1.62. The number of nitrogens with one attached hydrogen (secondary N) is 2. The monoisotopic (exact) mass is 296 g/mol. The van der Waals surface area contributed by atoms with Gasteiger partial charge in [0.1, 0.15) is 6.04 Å². The van der Waals surface area contributed by atoms with Crippen molar-refractivity contribution in [2.75, 3.05) is 12.0 Å². The van der Waals surface area contributed by atoms with E-state index in [2.05, 4.69) is 10.6 Å². The Morgan fingerprint density at radius 2 is 1.90 bits per heavy atom. The number of carboxylic acid groups (broad SMARTS) is 1.